The summed E-state index contributed by atoms with van der Waals surface area (Å²) in [6.07, 6.45) is 6.44. The number of rotatable bonds is 8. The van der Waals surface area contributed by atoms with Crippen molar-refractivity contribution in [2.45, 2.75) is 56.7 Å². The average Bonchev–Trinajstić information content (AvgIpc) is 3.35. The van der Waals surface area contributed by atoms with E-state index in [-0.39, 0.29) is 32.0 Å². The summed E-state index contributed by atoms with van der Waals surface area (Å²) in [7, 11) is -4.11. The Morgan fingerprint density at radius 1 is 1.24 bits per heavy atom. The predicted molar refractivity (Wildman–Crippen MR) is 138 cm³/mol. The maximum Gasteiger partial charge on any atom is 0.516 e. The van der Waals surface area contributed by atoms with Crippen molar-refractivity contribution in [3.05, 3.63) is 71.2 Å². The van der Waals surface area contributed by atoms with Crippen LogP contribution in [0.2, 0.25) is 0 Å². The van der Waals surface area contributed by atoms with Crippen molar-refractivity contribution < 1.29 is 38.4 Å². The van der Waals surface area contributed by atoms with E-state index in [1.807, 2.05) is 13.8 Å². The molecule has 1 fully saturated rings. The Bertz CT molecular complexity index is 1300. The van der Waals surface area contributed by atoms with Gasteiger partial charge in [0.15, 0.2) is 11.6 Å². The van der Waals surface area contributed by atoms with E-state index >= 15 is 4.39 Å². The van der Waals surface area contributed by atoms with E-state index < -0.39 is 33.5 Å². The number of allylic oxidation sites excluding steroid dienone is 1. The van der Waals surface area contributed by atoms with Crippen molar-refractivity contribution in [1.82, 2.24) is 14.9 Å². The highest BCUT2D eigenvalue weighted by molar-refractivity contribution is 7.90. The first kappa shape index (κ1) is 28.2. The SMILES string of the molecule is CCC(CC)c1cccc(OC2[CH]C=C(NS(=O)(=O)C(F)(F)F)C=C2C2=CN(C)C(=O)C3NCCC23)c1F.[HH].[HH]. The molecule has 2 heterocycles. The molecule has 7 nitrogen and oxygen atoms in total. The van der Waals surface area contributed by atoms with Crippen LogP contribution in [0.15, 0.2) is 53.4 Å². The van der Waals surface area contributed by atoms with Crippen molar-refractivity contribution in [3.63, 3.8) is 0 Å². The minimum absolute atomic E-state index is 0. The number of benzene rings is 1. The number of carbonyl (C=O) groups excluding carboxylic acids is 1. The lowest BCUT2D eigenvalue weighted by Gasteiger charge is -2.35. The third-order valence-corrected chi connectivity index (χ3v) is 8.31. The molecule has 0 aromatic heterocycles. The number of fused-ring (bicyclic) bond motifs is 1. The van der Waals surface area contributed by atoms with Gasteiger partial charge < -0.3 is 15.0 Å². The summed E-state index contributed by atoms with van der Waals surface area (Å²) in [5.74, 6) is -1.04. The monoisotopic (exact) mass is 560 g/mol. The fourth-order valence-corrected chi connectivity index (χ4v) is 5.75. The van der Waals surface area contributed by atoms with Gasteiger partial charge >= 0.3 is 15.5 Å². The number of alkyl halides is 3. The number of amides is 1. The predicted octanol–water partition coefficient (Wildman–Crippen LogP) is 4.77. The van der Waals surface area contributed by atoms with E-state index in [0.29, 0.717) is 29.7 Å². The molecule has 1 amide bonds. The Morgan fingerprint density at radius 2 is 1.95 bits per heavy atom. The fraction of sp³-hybridized carbons (Fsp3) is 0.462. The molecule has 2 aliphatic heterocycles. The fourth-order valence-electron chi connectivity index (χ4n) is 5.19. The molecule has 38 heavy (non-hydrogen) atoms. The first-order chi connectivity index (χ1) is 17.9. The van der Waals surface area contributed by atoms with Gasteiger partial charge in [-0.15, -0.1) is 0 Å². The molecule has 2 N–H and O–H groups in total. The van der Waals surface area contributed by atoms with Crippen LogP contribution < -0.4 is 14.8 Å². The summed E-state index contributed by atoms with van der Waals surface area (Å²) in [4.78, 5) is 14.0. The van der Waals surface area contributed by atoms with Crippen molar-refractivity contribution in [3.8, 4) is 5.75 Å². The number of nitrogens with zero attached hydrogens (tertiary/aromatic N) is 1. The Kier molecular flexibility index (Phi) is 7.94. The number of nitrogens with one attached hydrogen (secondary N) is 2. The lowest BCUT2D eigenvalue weighted by Crippen LogP contribution is -2.47. The first-order valence-electron chi connectivity index (χ1n) is 12.4. The summed E-state index contributed by atoms with van der Waals surface area (Å²) in [6, 6.07) is 4.31. The maximum absolute atomic E-state index is 15.5. The lowest BCUT2D eigenvalue weighted by atomic mass is 9.80. The van der Waals surface area contributed by atoms with Crippen molar-refractivity contribution in [1.29, 1.82) is 0 Å². The summed E-state index contributed by atoms with van der Waals surface area (Å²) < 4.78 is 85.8. The highest BCUT2D eigenvalue weighted by Crippen LogP contribution is 2.40. The van der Waals surface area contributed by atoms with Crippen LogP contribution in [0, 0.1) is 18.2 Å². The van der Waals surface area contributed by atoms with Crippen molar-refractivity contribution in [2.75, 3.05) is 13.6 Å². The second-order valence-corrected chi connectivity index (χ2v) is 11.2. The van der Waals surface area contributed by atoms with Gasteiger partial charge in [-0.2, -0.15) is 21.6 Å². The molecule has 1 aromatic rings. The molecule has 1 aliphatic carbocycles. The second kappa shape index (κ2) is 10.7. The van der Waals surface area contributed by atoms with Crippen LogP contribution >= 0.6 is 0 Å². The van der Waals surface area contributed by atoms with Crippen molar-refractivity contribution >= 4 is 15.9 Å². The molecule has 3 atom stereocenters. The van der Waals surface area contributed by atoms with Crippen LogP contribution in [0.1, 0.15) is 47.4 Å². The zero-order chi connectivity index (χ0) is 27.8. The molecule has 3 aliphatic rings. The van der Waals surface area contributed by atoms with Crippen molar-refractivity contribution in [2.24, 2.45) is 5.92 Å². The maximum atomic E-state index is 15.5. The molecule has 4 rings (SSSR count). The summed E-state index contributed by atoms with van der Waals surface area (Å²) >= 11 is 0. The Hall–Kier alpha value is -2.86. The van der Waals surface area contributed by atoms with E-state index in [0.717, 1.165) is 18.9 Å². The van der Waals surface area contributed by atoms with Gasteiger partial charge in [0, 0.05) is 39.7 Å². The largest absolute Gasteiger partial charge is 0.516 e. The molecule has 0 saturated carbocycles. The zero-order valence-electron chi connectivity index (χ0n) is 21.2. The molecule has 1 aromatic carbocycles. The molecule has 0 bridgehead atoms. The third kappa shape index (κ3) is 5.33. The highest BCUT2D eigenvalue weighted by atomic mass is 32.2. The quantitative estimate of drug-likeness (QED) is 0.448. The van der Waals surface area contributed by atoms with Crippen LogP contribution in [-0.4, -0.2) is 50.5 Å². The summed E-state index contributed by atoms with van der Waals surface area (Å²) in [5.41, 5.74) is -4.41. The Labute approximate surface area is 222 Å². The Morgan fingerprint density at radius 3 is 2.61 bits per heavy atom. The zero-order valence-corrected chi connectivity index (χ0v) is 22.0. The number of hydrogen-bond donors (Lipinski definition) is 2. The second-order valence-electron chi connectivity index (χ2n) is 9.54. The number of hydrogen-bond acceptors (Lipinski definition) is 5. The topological polar surface area (TPSA) is 87.7 Å². The van der Waals surface area contributed by atoms with Gasteiger partial charge in [-0.05, 0) is 55.0 Å². The standard InChI is InChI=1S/C26H30F4N3O4S.2H2/c1-4-15(5-2)17-7-6-8-22(23(17)27)37-21-10-9-16(32-38(35,36)26(28,29)30)13-19(21)20-14-33(3)25(34)24-18(20)11-12-31-24;;/h6-10,13-15,18,21,24,31-32H,4-5,11-12H2,1-3H3;2*1H. The van der Waals surface area contributed by atoms with Crippen LogP contribution in [-0.2, 0) is 14.8 Å². The van der Waals surface area contributed by atoms with Crippen LogP contribution in [0.25, 0.3) is 0 Å². The van der Waals surface area contributed by atoms with E-state index in [4.69, 9.17) is 4.74 Å². The van der Waals surface area contributed by atoms with E-state index in [9.17, 15) is 26.4 Å². The minimum atomic E-state index is -5.67. The molecule has 0 spiro atoms. The summed E-state index contributed by atoms with van der Waals surface area (Å²) in [5, 5.41) is 3.14. The molecule has 1 saturated heterocycles. The van der Waals surface area contributed by atoms with Gasteiger partial charge in [0.1, 0.15) is 6.10 Å². The average molecular weight is 561 g/mol. The minimum Gasteiger partial charge on any atom is -0.482 e. The first-order valence-corrected chi connectivity index (χ1v) is 13.9. The van der Waals surface area contributed by atoms with Gasteiger partial charge in [-0.25, -0.2) is 4.39 Å². The molecule has 211 valence electrons. The number of sulfonamides is 1. The molecular weight excluding hydrogens is 526 g/mol. The lowest BCUT2D eigenvalue weighted by molar-refractivity contribution is -0.130. The normalized spacial score (nSPS) is 24.1. The van der Waals surface area contributed by atoms with Gasteiger partial charge in [-0.3, -0.25) is 9.52 Å². The van der Waals surface area contributed by atoms with E-state index in [1.54, 1.807) is 30.1 Å². The number of ether oxygens (including phenoxy) is 1. The number of halogens is 4. The molecule has 3 unspecified atom stereocenters. The van der Waals surface area contributed by atoms with Gasteiger partial charge in [0.25, 0.3) is 0 Å². The molecule has 1 radical (unpaired) electrons. The number of likely N-dealkylation sites (N-methyl/N-ethyl adjacent to an activating group) is 1. The number of carbonyl (C=O) groups is 1. The molecular formula is C26H34F4N3O4S. The highest BCUT2D eigenvalue weighted by Gasteiger charge is 2.47. The van der Waals surface area contributed by atoms with Crippen LogP contribution in [0.3, 0.4) is 0 Å². The summed E-state index contributed by atoms with van der Waals surface area (Å²) in [6.45, 7) is 4.47. The van der Waals surface area contributed by atoms with Crippen LogP contribution in [0.4, 0.5) is 17.6 Å². The van der Waals surface area contributed by atoms with E-state index in [1.165, 1.54) is 23.5 Å². The third-order valence-electron chi connectivity index (χ3n) is 7.20. The Balaban J connectivity index is 0.00000280. The van der Waals surface area contributed by atoms with Crippen LogP contribution in [0.5, 0.6) is 5.75 Å². The van der Waals surface area contributed by atoms with Gasteiger partial charge in [-0.1, -0.05) is 32.1 Å². The van der Waals surface area contributed by atoms with Gasteiger partial charge in [0.2, 0.25) is 5.91 Å². The molecule has 12 heteroatoms. The smallest absolute Gasteiger partial charge is 0.482 e. The van der Waals surface area contributed by atoms with E-state index in [2.05, 4.69) is 5.32 Å². The van der Waals surface area contributed by atoms with Gasteiger partial charge in [0.05, 0.1) is 6.04 Å².